The number of aromatic nitrogens is 5. The summed E-state index contributed by atoms with van der Waals surface area (Å²) >= 11 is 5.86. The van der Waals surface area contributed by atoms with Crippen molar-refractivity contribution >= 4 is 39.9 Å². The molecule has 2 aromatic carbocycles. The number of likely N-dealkylation sites (tertiary alicyclic amines) is 1. The van der Waals surface area contributed by atoms with E-state index in [2.05, 4.69) is 19.8 Å². The van der Waals surface area contributed by atoms with Gasteiger partial charge in [0.15, 0.2) is 0 Å². The maximum Gasteiger partial charge on any atom is 0.274 e. The van der Waals surface area contributed by atoms with E-state index in [1.165, 1.54) is 6.07 Å². The highest BCUT2D eigenvalue weighted by Gasteiger charge is 2.23. The second-order valence-electron chi connectivity index (χ2n) is 11.3. The first-order valence-electron chi connectivity index (χ1n) is 14.9. The Balaban J connectivity index is 0.967. The Morgan fingerprint density at radius 2 is 1.91 bits per heavy atom. The van der Waals surface area contributed by atoms with Crippen molar-refractivity contribution in [3.8, 4) is 5.88 Å². The molecule has 0 atom stereocenters. The third-order valence-corrected chi connectivity index (χ3v) is 8.62. The minimum atomic E-state index is -0.390. The number of benzene rings is 2. The number of nitrogens with one attached hydrogen (secondary N) is 1. The molecule has 7 rings (SSSR count). The van der Waals surface area contributed by atoms with Crippen molar-refractivity contribution in [3.63, 3.8) is 0 Å². The van der Waals surface area contributed by atoms with Gasteiger partial charge in [0.2, 0.25) is 5.88 Å². The molecule has 1 fully saturated rings. The molecule has 1 saturated heterocycles. The molecule has 4 aromatic heterocycles. The van der Waals surface area contributed by atoms with Crippen molar-refractivity contribution in [2.45, 2.75) is 31.9 Å². The Morgan fingerprint density at radius 3 is 2.76 bits per heavy atom. The van der Waals surface area contributed by atoms with E-state index in [4.69, 9.17) is 26.3 Å². The molecule has 1 amide bonds. The van der Waals surface area contributed by atoms with Crippen molar-refractivity contribution in [1.29, 1.82) is 0 Å². The number of ether oxygens (including phenoxy) is 1. The van der Waals surface area contributed by atoms with E-state index in [9.17, 15) is 9.18 Å². The molecule has 228 valence electrons. The van der Waals surface area contributed by atoms with E-state index in [0.717, 1.165) is 60.7 Å². The van der Waals surface area contributed by atoms with Gasteiger partial charge in [0.1, 0.15) is 29.6 Å². The number of carbonyl (C=O) groups is 1. The lowest BCUT2D eigenvalue weighted by atomic mass is 9.93. The second-order valence-corrected chi connectivity index (χ2v) is 11.7. The number of anilines is 1. The number of hydrogen-bond donors (Lipinski definition) is 1. The standard InChI is InChI=1S/C34H31ClFN7O2/c1-41-29-11-10-25(38-34(44)30-19-37-31-6-2-3-14-43(30)31)18-28(29)39-32(41)20-42-15-12-22(13-16-42)27-5-4-7-33(40-27)45-21-23-8-9-24(35)17-26(23)36/h2-11,14,17-19,22H,12-13,15-16,20-21H2,1H3,(H,38,44). The molecule has 0 radical (unpaired) electrons. The number of amides is 1. The SMILES string of the molecule is Cn1c(CN2CCC(c3cccc(OCc4ccc(Cl)cc4F)n3)CC2)nc2cc(NC(=O)c3cnc4ccccn34)ccc21. The highest BCUT2D eigenvalue weighted by molar-refractivity contribution is 6.30. The van der Waals surface area contributed by atoms with E-state index in [0.29, 0.717) is 33.8 Å². The van der Waals surface area contributed by atoms with E-state index in [1.54, 1.807) is 28.8 Å². The number of carbonyl (C=O) groups excluding carboxylic acids is 1. The molecule has 0 aliphatic carbocycles. The molecule has 0 bridgehead atoms. The topological polar surface area (TPSA) is 89.6 Å². The number of hydrogen-bond acceptors (Lipinski definition) is 6. The Morgan fingerprint density at radius 1 is 1.04 bits per heavy atom. The molecule has 11 heteroatoms. The lowest BCUT2D eigenvalue weighted by molar-refractivity contribution is 0.102. The quantitative estimate of drug-likeness (QED) is 0.205. The van der Waals surface area contributed by atoms with Crippen molar-refractivity contribution in [1.82, 2.24) is 28.8 Å². The highest BCUT2D eigenvalue weighted by Crippen LogP contribution is 2.29. The van der Waals surface area contributed by atoms with Crippen molar-refractivity contribution in [3.05, 3.63) is 119 Å². The van der Waals surface area contributed by atoms with Gasteiger partial charge < -0.3 is 14.6 Å². The van der Waals surface area contributed by atoms with Gasteiger partial charge in [0, 0.05) is 47.2 Å². The third kappa shape index (κ3) is 6.11. The highest BCUT2D eigenvalue weighted by atomic mass is 35.5. The predicted molar refractivity (Wildman–Crippen MR) is 171 cm³/mol. The van der Waals surface area contributed by atoms with Gasteiger partial charge in [0.05, 0.1) is 23.8 Å². The summed E-state index contributed by atoms with van der Waals surface area (Å²) in [7, 11) is 2.03. The number of pyridine rings is 2. The third-order valence-electron chi connectivity index (χ3n) is 8.39. The largest absolute Gasteiger partial charge is 0.473 e. The van der Waals surface area contributed by atoms with Crippen LogP contribution in [-0.4, -0.2) is 47.8 Å². The van der Waals surface area contributed by atoms with Crippen LogP contribution in [0.25, 0.3) is 16.7 Å². The Kier molecular flexibility index (Phi) is 7.91. The summed E-state index contributed by atoms with van der Waals surface area (Å²) in [6, 6.07) is 21.8. The lowest BCUT2D eigenvalue weighted by Gasteiger charge is -2.31. The van der Waals surface area contributed by atoms with Crippen molar-refractivity contribution < 1.29 is 13.9 Å². The molecule has 0 saturated carbocycles. The minimum Gasteiger partial charge on any atom is -0.473 e. The van der Waals surface area contributed by atoms with Crippen LogP contribution in [-0.2, 0) is 20.2 Å². The summed E-state index contributed by atoms with van der Waals surface area (Å²) in [6.45, 7) is 2.64. The van der Waals surface area contributed by atoms with Crippen LogP contribution in [0.4, 0.5) is 10.1 Å². The van der Waals surface area contributed by atoms with Gasteiger partial charge in [-0.25, -0.2) is 19.3 Å². The van der Waals surface area contributed by atoms with Gasteiger partial charge in [0.25, 0.3) is 5.91 Å². The fraction of sp³-hybridized carbons (Fsp3) is 0.235. The summed E-state index contributed by atoms with van der Waals surface area (Å²) in [4.78, 5) is 29.4. The summed E-state index contributed by atoms with van der Waals surface area (Å²) in [5.41, 5.74) is 5.14. The van der Waals surface area contributed by atoms with Gasteiger partial charge in [-0.3, -0.25) is 14.1 Å². The molecular formula is C34H31ClFN7O2. The van der Waals surface area contributed by atoms with E-state index in [1.807, 2.05) is 61.8 Å². The summed E-state index contributed by atoms with van der Waals surface area (Å²) in [5.74, 6) is 1.15. The smallest absolute Gasteiger partial charge is 0.274 e. The fourth-order valence-electron chi connectivity index (χ4n) is 5.88. The van der Waals surface area contributed by atoms with Crippen LogP contribution in [0.1, 0.15) is 46.3 Å². The monoisotopic (exact) mass is 623 g/mol. The van der Waals surface area contributed by atoms with Crippen LogP contribution in [0.2, 0.25) is 5.02 Å². The predicted octanol–water partition coefficient (Wildman–Crippen LogP) is 6.62. The number of halogens is 2. The van der Waals surface area contributed by atoms with Crippen molar-refractivity contribution in [2.75, 3.05) is 18.4 Å². The lowest BCUT2D eigenvalue weighted by Crippen LogP contribution is -2.33. The van der Waals surface area contributed by atoms with Gasteiger partial charge in [-0.05, 0) is 74.5 Å². The van der Waals surface area contributed by atoms with Gasteiger partial charge in [-0.1, -0.05) is 29.8 Å². The normalized spacial score (nSPS) is 14.3. The number of piperidine rings is 1. The summed E-state index contributed by atoms with van der Waals surface area (Å²) < 4.78 is 23.8. The van der Waals surface area contributed by atoms with Crippen LogP contribution < -0.4 is 10.1 Å². The van der Waals surface area contributed by atoms with Crippen LogP contribution in [0.15, 0.2) is 85.2 Å². The maximum absolute atomic E-state index is 14.1. The number of fused-ring (bicyclic) bond motifs is 2. The van der Waals surface area contributed by atoms with Crippen LogP contribution in [0, 0.1) is 5.82 Å². The molecule has 1 aliphatic rings. The van der Waals surface area contributed by atoms with Crippen LogP contribution >= 0.6 is 11.6 Å². The first-order chi connectivity index (χ1) is 21.9. The first kappa shape index (κ1) is 28.9. The molecular weight excluding hydrogens is 593 g/mol. The number of rotatable bonds is 8. The molecule has 45 heavy (non-hydrogen) atoms. The van der Waals surface area contributed by atoms with Gasteiger partial charge in [-0.15, -0.1) is 0 Å². The zero-order valence-corrected chi connectivity index (χ0v) is 25.4. The molecule has 1 N–H and O–H groups in total. The molecule has 0 spiro atoms. The molecule has 5 heterocycles. The number of imidazole rings is 2. The Hall–Kier alpha value is -4.80. The average molecular weight is 624 g/mol. The number of aryl methyl sites for hydroxylation is 1. The Bertz CT molecular complexity index is 2020. The fourth-order valence-corrected chi connectivity index (χ4v) is 6.04. The number of nitrogens with zero attached hydrogens (tertiary/aromatic N) is 6. The summed E-state index contributed by atoms with van der Waals surface area (Å²) in [6.07, 6.45) is 5.33. The molecule has 9 nitrogen and oxygen atoms in total. The Labute approximate surface area is 264 Å². The van der Waals surface area contributed by atoms with Crippen LogP contribution in [0.5, 0.6) is 5.88 Å². The first-order valence-corrected chi connectivity index (χ1v) is 15.2. The second kappa shape index (κ2) is 12.3. The average Bonchev–Trinajstić information content (AvgIpc) is 3.62. The molecule has 6 aromatic rings. The summed E-state index contributed by atoms with van der Waals surface area (Å²) in [5, 5.41) is 3.34. The molecule has 0 unspecified atom stereocenters. The maximum atomic E-state index is 14.1. The van der Waals surface area contributed by atoms with E-state index in [-0.39, 0.29) is 12.5 Å². The zero-order chi connectivity index (χ0) is 30.9. The van der Waals surface area contributed by atoms with Crippen LogP contribution in [0.3, 0.4) is 0 Å². The van der Waals surface area contributed by atoms with E-state index < -0.39 is 5.82 Å². The van der Waals surface area contributed by atoms with E-state index >= 15 is 0 Å². The molecule has 1 aliphatic heterocycles. The van der Waals surface area contributed by atoms with Crippen molar-refractivity contribution in [2.24, 2.45) is 7.05 Å². The minimum absolute atomic E-state index is 0.0890. The zero-order valence-electron chi connectivity index (χ0n) is 24.7. The van der Waals surface area contributed by atoms with Gasteiger partial charge in [-0.2, -0.15) is 0 Å². The van der Waals surface area contributed by atoms with Gasteiger partial charge >= 0.3 is 0 Å².